The van der Waals surface area contributed by atoms with E-state index < -0.39 is 8.32 Å². The molecule has 2 fully saturated rings. The number of carbonyl (C=O) groups is 1. The zero-order valence-electron chi connectivity index (χ0n) is 12.6. The summed E-state index contributed by atoms with van der Waals surface area (Å²) < 4.78 is 6.43. The van der Waals surface area contributed by atoms with Crippen molar-refractivity contribution >= 4 is 14.1 Å². The van der Waals surface area contributed by atoms with Crippen molar-refractivity contribution in [1.82, 2.24) is 0 Å². The number of fused-ring (bicyclic) bond motifs is 1. The summed E-state index contributed by atoms with van der Waals surface area (Å²) in [6.07, 6.45) is 5.75. The summed E-state index contributed by atoms with van der Waals surface area (Å²) >= 11 is 0. The maximum atomic E-state index is 12.2. The maximum absolute atomic E-state index is 12.2. The number of hydrogen-bond acceptors (Lipinski definition) is 2. The van der Waals surface area contributed by atoms with Crippen LogP contribution in [0.25, 0.3) is 0 Å². The summed E-state index contributed by atoms with van der Waals surface area (Å²) in [6.45, 7) is 11.3. The van der Waals surface area contributed by atoms with Crippen molar-refractivity contribution < 1.29 is 9.22 Å². The lowest BCUT2D eigenvalue weighted by atomic mass is 9.81. The third kappa shape index (κ3) is 2.57. The molecule has 0 aliphatic heterocycles. The van der Waals surface area contributed by atoms with Crippen molar-refractivity contribution in [2.24, 2.45) is 11.8 Å². The molecular weight excluding hydrogens is 240 g/mol. The summed E-state index contributed by atoms with van der Waals surface area (Å²) in [5.74, 6) is 1.54. The molecule has 0 aromatic heterocycles. The van der Waals surface area contributed by atoms with Gasteiger partial charge in [-0.2, -0.15) is 0 Å². The van der Waals surface area contributed by atoms with Crippen LogP contribution in [0.2, 0.25) is 18.1 Å². The molecule has 3 atom stereocenters. The molecule has 0 spiro atoms. The zero-order valence-corrected chi connectivity index (χ0v) is 13.6. The van der Waals surface area contributed by atoms with E-state index in [1.807, 2.05) is 0 Å². The van der Waals surface area contributed by atoms with Gasteiger partial charge in [0, 0.05) is 6.42 Å². The molecule has 0 unspecified atom stereocenters. The first-order chi connectivity index (χ1) is 8.22. The third-order valence-corrected chi connectivity index (χ3v) is 9.82. The summed E-state index contributed by atoms with van der Waals surface area (Å²) in [5.41, 5.74) is 0. The van der Waals surface area contributed by atoms with Crippen molar-refractivity contribution in [1.29, 1.82) is 0 Å². The molecule has 0 radical (unpaired) electrons. The van der Waals surface area contributed by atoms with Crippen LogP contribution in [0.3, 0.4) is 0 Å². The molecule has 2 rings (SSSR count). The standard InChI is InChI=1S/C15H28O2Si/c1-15(2,3)18(4,5)17-14-12-9-7-6-8-11(12)10-13(14)16/h11-12,14H,6-10H2,1-5H3/t11-,12+,14+/m1/s1. The SMILES string of the molecule is CC(C)(C)[Si](C)(C)O[C@@H]1C(=O)C[C@H]2CCCC[C@@H]21. The van der Waals surface area contributed by atoms with Crippen LogP contribution in [0.4, 0.5) is 0 Å². The Hall–Kier alpha value is -0.153. The third-order valence-electron chi connectivity index (χ3n) is 5.37. The lowest BCUT2D eigenvalue weighted by Gasteiger charge is -2.40. The number of rotatable bonds is 2. The number of ketones is 1. The van der Waals surface area contributed by atoms with Gasteiger partial charge in [0.1, 0.15) is 6.10 Å². The predicted molar refractivity (Wildman–Crippen MR) is 77.1 cm³/mol. The van der Waals surface area contributed by atoms with E-state index in [-0.39, 0.29) is 11.1 Å². The molecule has 2 aliphatic rings. The molecule has 3 heteroatoms. The topological polar surface area (TPSA) is 26.3 Å². The van der Waals surface area contributed by atoms with Crippen LogP contribution >= 0.6 is 0 Å². The minimum absolute atomic E-state index is 0.0730. The average molecular weight is 268 g/mol. The zero-order chi connectivity index (χ0) is 13.6. The molecule has 0 aromatic carbocycles. The smallest absolute Gasteiger partial charge is 0.193 e. The fourth-order valence-electron chi connectivity index (χ4n) is 3.15. The molecule has 2 aliphatic carbocycles. The van der Waals surface area contributed by atoms with Crippen molar-refractivity contribution in [3.63, 3.8) is 0 Å². The van der Waals surface area contributed by atoms with E-state index in [2.05, 4.69) is 33.9 Å². The Morgan fingerprint density at radius 3 is 2.39 bits per heavy atom. The molecule has 0 N–H and O–H groups in total. The molecule has 0 saturated heterocycles. The minimum atomic E-state index is -1.81. The second kappa shape index (κ2) is 4.75. The highest BCUT2D eigenvalue weighted by Gasteiger charge is 2.48. The van der Waals surface area contributed by atoms with Gasteiger partial charge < -0.3 is 4.43 Å². The second-order valence-electron chi connectivity index (χ2n) is 7.68. The molecule has 0 amide bonds. The van der Waals surface area contributed by atoms with Gasteiger partial charge in [0.2, 0.25) is 0 Å². The van der Waals surface area contributed by atoms with Gasteiger partial charge in [0.05, 0.1) is 0 Å². The van der Waals surface area contributed by atoms with Crippen LogP contribution in [0.1, 0.15) is 52.9 Å². The first-order valence-corrected chi connectivity index (χ1v) is 10.3. The first-order valence-electron chi connectivity index (χ1n) is 7.43. The highest BCUT2D eigenvalue weighted by Crippen LogP contribution is 2.45. The van der Waals surface area contributed by atoms with Gasteiger partial charge in [-0.15, -0.1) is 0 Å². The van der Waals surface area contributed by atoms with E-state index in [9.17, 15) is 4.79 Å². The minimum Gasteiger partial charge on any atom is -0.407 e. The van der Waals surface area contributed by atoms with Gasteiger partial charge in [-0.1, -0.05) is 33.6 Å². The van der Waals surface area contributed by atoms with E-state index in [4.69, 9.17) is 4.43 Å². The lowest BCUT2D eigenvalue weighted by Crippen LogP contribution is -2.47. The molecule has 2 nitrogen and oxygen atoms in total. The number of hydrogen-bond donors (Lipinski definition) is 0. The normalized spacial score (nSPS) is 33.6. The Morgan fingerprint density at radius 1 is 1.17 bits per heavy atom. The Kier molecular flexibility index (Phi) is 3.76. The van der Waals surface area contributed by atoms with E-state index >= 15 is 0 Å². The van der Waals surface area contributed by atoms with E-state index in [0.717, 1.165) is 6.42 Å². The summed E-state index contributed by atoms with van der Waals surface area (Å²) in [6, 6.07) is 0. The number of carbonyl (C=O) groups excluding carboxylic acids is 1. The second-order valence-corrected chi connectivity index (χ2v) is 12.4. The van der Waals surface area contributed by atoms with Crippen molar-refractivity contribution in [3.05, 3.63) is 0 Å². The van der Waals surface area contributed by atoms with Gasteiger partial charge in [-0.05, 0) is 42.8 Å². The van der Waals surface area contributed by atoms with Crippen LogP contribution in [0, 0.1) is 11.8 Å². The van der Waals surface area contributed by atoms with E-state index in [1.165, 1.54) is 25.7 Å². The van der Waals surface area contributed by atoms with Crippen LogP contribution in [0.5, 0.6) is 0 Å². The van der Waals surface area contributed by atoms with Crippen molar-refractivity contribution in [2.75, 3.05) is 0 Å². The lowest BCUT2D eigenvalue weighted by molar-refractivity contribution is -0.124. The van der Waals surface area contributed by atoms with E-state index in [0.29, 0.717) is 17.6 Å². The van der Waals surface area contributed by atoms with Gasteiger partial charge in [-0.3, -0.25) is 4.79 Å². The highest BCUT2D eigenvalue weighted by molar-refractivity contribution is 6.74. The molecule has 0 bridgehead atoms. The highest BCUT2D eigenvalue weighted by atomic mass is 28.4. The van der Waals surface area contributed by atoms with Gasteiger partial charge in [0.15, 0.2) is 14.1 Å². The van der Waals surface area contributed by atoms with Crippen LogP contribution in [-0.4, -0.2) is 20.2 Å². The summed E-state index contributed by atoms with van der Waals surface area (Å²) in [5, 5.41) is 0.194. The maximum Gasteiger partial charge on any atom is 0.193 e. The van der Waals surface area contributed by atoms with E-state index in [1.54, 1.807) is 0 Å². The van der Waals surface area contributed by atoms with Crippen molar-refractivity contribution in [3.8, 4) is 0 Å². The summed E-state index contributed by atoms with van der Waals surface area (Å²) in [7, 11) is -1.81. The van der Waals surface area contributed by atoms with Crippen LogP contribution in [0.15, 0.2) is 0 Å². The molecule has 0 aromatic rings. The molecular formula is C15H28O2Si. The Morgan fingerprint density at radius 2 is 1.78 bits per heavy atom. The molecule has 18 heavy (non-hydrogen) atoms. The number of Topliss-reactive ketones (excluding diaryl/α,β-unsaturated/α-hetero) is 1. The fourth-order valence-corrected chi connectivity index (χ4v) is 4.44. The van der Waals surface area contributed by atoms with Gasteiger partial charge in [0.25, 0.3) is 0 Å². The van der Waals surface area contributed by atoms with Gasteiger partial charge >= 0.3 is 0 Å². The first kappa shape index (κ1) is 14.3. The average Bonchev–Trinajstić information content (AvgIpc) is 2.54. The van der Waals surface area contributed by atoms with Gasteiger partial charge in [-0.25, -0.2) is 0 Å². The fraction of sp³-hybridized carbons (Fsp3) is 0.933. The molecule has 104 valence electrons. The molecule has 2 saturated carbocycles. The molecule has 0 heterocycles. The van der Waals surface area contributed by atoms with Crippen LogP contribution in [-0.2, 0) is 9.22 Å². The van der Waals surface area contributed by atoms with Crippen LogP contribution < -0.4 is 0 Å². The monoisotopic (exact) mass is 268 g/mol. The Bertz CT molecular complexity index is 330. The van der Waals surface area contributed by atoms with Crippen molar-refractivity contribution in [2.45, 2.75) is 77.1 Å². The largest absolute Gasteiger partial charge is 0.407 e. The quantitative estimate of drug-likeness (QED) is 0.703. The summed E-state index contributed by atoms with van der Waals surface area (Å²) in [4.78, 5) is 12.2. The Labute approximate surface area is 113 Å². The Balaban J connectivity index is 2.11. The predicted octanol–water partition coefficient (Wildman–Crippen LogP) is 4.16.